The number of carboxylic acid groups (broad SMARTS) is 1. The Labute approximate surface area is 125 Å². The Morgan fingerprint density at radius 1 is 1.40 bits per heavy atom. The summed E-state index contributed by atoms with van der Waals surface area (Å²) in [6.07, 6.45) is 0. The first kappa shape index (κ1) is 16.6. The minimum Gasteiger partial charge on any atom is -0.480 e. The van der Waals surface area contributed by atoms with Gasteiger partial charge in [-0.1, -0.05) is 28.1 Å². The van der Waals surface area contributed by atoms with Gasteiger partial charge >= 0.3 is 5.97 Å². The monoisotopic (exact) mass is 363 g/mol. The van der Waals surface area contributed by atoms with Gasteiger partial charge in [0.05, 0.1) is 5.75 Å². The SMILES string of the molecule is C[C@@H](NC(=O)CS(=O)(=O)Cc1cccc(Br)c1)C(=O)O. The number of nitrogens with one attached hydrogen (secondary N) is 1. The first-order valence-corrected chi connectivity index (χ1v) is 8.28. The maximum Gasteiger partial charge on any atom is 0.325 e. The Kier molecular flexibility index (Phi) is 5.70. The molecule has 110 valence electrons. The Bertz CT molecular complexity index is 614. The molecule has 0 saturated carbocycles. The summed E-state index contributed by atoms with van der Waals surface area (Å²) in [4.78, 5) is 22.0. The van der Waals surface area contributed by atoms with Crippen LogP contribution in [0.2, 0.25) is 0 Å². The normalized spacial score (nSPS) is 12.7. The van der Waals surface area contributed by atoms with E-state index < -0.39 is 33.5 Å². The number of carbonyl (C=O) groups excluding carboxylic acids is 1. The smallest absolute Gasteiger partial charge is 0.325 e. The molecule has 0 aliphatic heterocycles. The number of carboxylic acids is 1. The Hall–Kier alpha value is -1.41. The van der Waals surface area contributed by atoms with Gasteiger partial charge in [0, 0.05) is 4.47 Å². The highest BCUT2D eigenvalue weighted by atomic mass is 79.9. The number of sulfone groups is 1. The molecular formula is C12H14BrNO5S. The molecule has 1 rings (SSSR count). The minimum absolute atomic E-state index is 0.276. The van der Waals surface area contributed by atoms with E-state index in [9.17, 15) is 18.0 Å². The molecule has 0 bridgehead atoms. The van der Waals surface area contributed by atoms with Gasteiger partial charge in [-0.2, -0.15) is 0 Å². The zero-order valence-electron chi connectivity index (χ0n) is 10.7. The van der Waals surface area contributed by atoms with Crippen LogP contribution in [0.5, 0.6) is 0 Å². The van der Waals surface area contributed by atoms with Crippen LogP contribution < -0.4 is 5.32 Å². The largest absolute Gasteiger partial charge is 0.480 e. The van der Waals surface area contributed by atoms with E-state index in [1.165, 1.54) is 6.92 Å². The number of aliphatic carboxylic acids is 1. The highest BCUT2D eigenvalue weighted by molar-refractivity contribution is 9.10. The van der Waals surface area contributed by atoms with Crippen molar-refractivity contribution in [1.29, 1.82) is 0 Å². The van der Waals surface area contributed by atoms with Gasteiger partial charge < -0.3 is 10.4 Å². The number of halogens is 1. The highest BCUT2D eigenvalue weighted by Gasteiger charge is 2.20. The fraction of sp³-hybridized carbons (Fsp3) is 0.333. The van der Waals surface area contributed by atoms with Crippen molar-refractivity contribution in [2.75, 3.05) is 5.75 Å². The van der Waals surface area contributed by atoms with Crippen LogP contribution in [0.3, 0.4) is 0 Å². The molecule has 0 aliphatic carbocycles. The maximum absolute atomic E-state index is 11.8. The third-order valence-electron chi connectivity index (χ3n) is 2.37. The van der Waals surface area contributed by atoms with Gasteiger partial charge in [0.2, 0.25) is 5.91 Å². The van der Waals surface area contributed by atoms with Crippen molar-refractivity contribution in [3.63, 3.8) is 0 Å². The number of rotatable bonds is 6. The van der Waals surface area contributed by atoms with Crippen LogP contribution in [-0.2, 0) is 25.2 Å². The molecule has 0 radical (unpaired) electrons. The van der Waals surface area contributed by atoms with E-state index in [1.807, 2.05) is 0 Å². The average Bonchev–Trinajstić information content (AvgIpc) is 2.26. The lowest BCUT2D eigenvalue weighted by molar-refractivity contribution is -0.140. The maximum atomic E-state index is 11.8. The van der Waals surface area contributed by atoms with E-state index in [2.05, 4.69) is 21.2 Å². The molecule has 0 spiro atoms. The summed E-state index contributed by atoms with van der Waals surface area (Å²) >= 11 is 3.23. The third kappa shape index (κ3) is 5.70. The van der Waals surface area contributed by atoms with Crippen LogP contribution in [0.1, 0.15) is 12.5 Å². The summed E-state index contributed by atoms with van der Waals surface area (Å²) in [5.74, 6) is -3.06. The second kappa shape index (κ2) is 6.85. The summed E-state index contributed by atoms with van der Waals surface area (Å²) in [5.41, 5.74) is 0.554. The molecule has 0 heterocycles. The van der Waals surface area contributed by atoms with E-state index in [1.54, 1.807) is 24.3 Å². The zero-order valence-corrected chi connectivity index (χ0v) is 13.1. The van der Waals surface area contributed by atoms with Crippen molar-refractivity contribution < 1.29 is 23.1 Å². The molecule has 0 fully saturated rings. The van der Waals surface area contributed by atoms with Crippen LogP contribution in [0.15, 0.2) is 28.7 Å². The molecule has 0 saturated heterocycles. The highest BCUT2D eigenvalue weighted by Crippen LogP contribution is 2.14. The second-order valence-electron chi connectivity index (χ2n) is 4.29. The number of amides is 1. The van der Waals surface area contributed by atoms with E-state index in [-0.39, 0.29) is 5.75 Å². The molecule has 2 N–H and O–H groups in total. The van der Waals surface area contributed by atoms with Gasteiger partial charge in [-0.05, 0) is 24.6 Å². The van der Waals surface area contributed by atoms with Gasteiger partial charge in [-0.15, -0.1) is 0 Å². The van der Waals surface area contributed by atoms with Gasteiger partial charge in [0.25, 0.3) is 0 Å². The van der Waals surface area contributed by atoms with Gasteiger partial charge in [-0.3, -0.25) is 9.59 Å². The standard InChI is InChI=1S/C12H14BrNO5S/c1-8(12(16)17)14-11(15)7-20(18,19)6-9-3-2-4-10(13)5-9/h2-5,8H,6-7H2,1H3,(H,14,15)(H,16,17)/t8-/m1/s1. The minimum atomic E-state index is -3.65. The number of benzene rings is 1. The topological polar surface area (TPSA) is 101 Å². The quantitative estimate of drug-likeness (QED) is 0.783. The molecule has 1 amide bonds. The lowest BCUT2D eigenvalue weighted by Gasteiger charge is -2.09. The lowest BCUT2D eigenvalue weighted by atomic mass is 10.2. The molecule has 1 aromatic carbocycles. The summed E-state index contributed by atoms with van der Waals surface area (Å²) in [7, 11) is -3.65. The van der Waals surface area contributed by atoms with E-state index >= 15 is 0 Å². The first-order valence-electron chi connectivity index (χ1n) is 5.66. The van der Waals surface area contributed by atoms with Gasteiger partial charge in [-0.25, -0.2) is 8.42 Å². The van der Waals surface area contributed by atoms with E-state index in [0.29, 0.717) is 5.56 Å². The molecule has 0 aliphatic rings. The molecule has 0 aromatic heterocycles. The van der Waals surface area contributed by atoms with Crippen molar-refractivity contribution in [2.24, 2.45) is 0 Å². The summed E-state index contributed by atoms with van der Waals surface area (Å²) in [6.45, 7) is 1.27. The van der Waals surface area contributed by atoms with Crippen molar-refractivity contribution >= 4 is 37.6 Å². The van der Waals surface area contributed by atoms with E-state index in [4.69, 9.17) is 5.11 Å². The van der Waals surface area contributed by atoms with Crippen molar-refractivity contribution in [3.8, 4) is 0 Å². The van der Waals surface area contributed by atoms with Crippen LogP contribution in [-0.4, -0.2) is 37.2 Å². The van der Waals surface area contributed by atoms with Gasteiger partial charge in [0.1, 0.15) is 11.8 Å². The van der Waals surface area contributed by atoms with Crippen LogP contribution in [0, 0.1) is 0 Å². The zero-order chi connectivity index (χ0) is 15.3. The summed E-state index contributed by atoms with van der Waals surface area (Å²) < 4.78 is 24.4. The first-order chi connectivity index (χ1) is 9.19. The third-order valence-corrected chi connectivity index (χ3v) is 4.34. The van der Waals surface area contributed by atoms with Crippen LogP contribution in [0.4, 0.5) is 0 Å². The number of hydrogen-bond donors (Lipinski definition) is 2. The molecule has 1 atom stereocenters. The van der Waals surface area contributed by atoms with Crippen molar-refractivity contribution in [3.05, 3.63) is 34.3 Å². The predicted molar refractivity (Wildman–Crippen MR) is 76.9 cm³/mol. The molecule has 6 nitrogen and oxygen atoms in total. The molecule has 0 unspecified atom stereocenters. The Morgan fingerprint density at radius 3 is 2.60 bits per heavy atom. The molecule has 1 aromatic rings. The van der Waals surface area contributed by atoms with Crippen molar-refractivity contribution in [2.45, 2.75) is 18.7 Å². The average molecular weight is 364 g/mol. The molecule has 8 heteroatoms. The fourth-order valence-corrected chi connectivity index (χ4v) is 3.20. The van der Waals surface area contributed by atoms with Crippen molar-refractivity contribution in [1.82, 2.24) is 5.32 Å². The Morgan fingerprint density at radius 2 is 2.05 bits per heavy atom. The molecular weight excluding hydrogens is 350 g/mol. The van der Waals surface area contributed by atoms with Crippen LogP contribution in [0.25, 0.3) is 0 Å². The number of carbonyl (C=O) groups is 2. The van der Waals surface area contributed by atoms with Gasteiger partial charge in [0.15, 0.2) is 9.84 Å². The van der Waals surface area contributed by atoms with E-state index in [0.717, 1.165) is 4.47 Å². The summed E-state index contributed by atoms with van der Waals surface area (Å²) in [6, 6.07) is 5.62. The summed E-state index contributed by atoms with van der Waals surface area (Å²) in [5, 5.41) is 10.7. The number of hydrogen-bond acceptors (Lipinski definition) is 4. The lowest BCUT2D eigenvalue weighted by Crippen LogP contribution is -2.41. The Balaban J connectivity index is 2.66. The predicted octanol–water partition coefficient (Wildman–Crippen LogP) is 0.953. The fourth-order valence-electron chi connectivity index (χ4n) is 1.48. The second-order valence-corrected chi connectivity index (χ2v) is 7.27. The van der Waals surface area contributed by atoms with Crippen LogP contribution >= 0.6 is 15.9 Å². The molecule has 20 heavy (non-hydrogen) atoms.